The van der Waals surface area contributed by atoms with Crippen molar-refractivity contribution in [1.29, 1.82) is 0 Å². The number of anilines is 2. The number of halogens is 1. The molecule has 0 bridgehead atoms. The van der Waals surface area contributed by atoms with E-state index in [4.69, 9.17) is 11.6 Å². The van der Waals surface area contributed by atoms with E-state index in [9.17, 15) is 14.7 Å². The summed E-state index contributed by atoms with van der Waals surface area (Å²) < 4.78 is 1.74. The van der Waals surface area contributed by atoms with Gasteiger partial charge in [0.2, 0.25) is 11.9 Å². The number of rotatable bonds is 8. The minimum Gasteiger partial charge on any atom is -0.394 e. The zero-order valence-electron chi connectivity index (χ0n) is 22.5. The van der Waals surface area contributed by atoms with Gasteiger partial charge in [0.15, 0.2) is 0 Å². The number of aliphatic hydroxyl groups is 1. The van der Waals surface area contributed by atoms with Crippen molar-refractivity contribution in [2.24, 2.45) is 7.05 Å². The maximum atomic E-state index is 13.4. The van der Waals surface area contributed by atoms with E-state index in [1.54, 1.807) is 29.9 Å². The first kappa shape index (κ1) is 27.2. The van der Waals surface area contributed by atoms with Gasteiger partial charge in [0.1, 0.15) is 6.04 Å². The highest BCUT2D eigenvalue weighted by molar-refractivity contribution is 6.33. The molecule has 2 atom stereocenters. The third-order valence-electron chi connectivity index (χ3n) is 7.05. The Morgan fingerprint density at radius 2 is 1.98 bits per heavy atom. The first-order chi connectivity index (χ1) is 19.2. The van der Waals surface area contributed by atoms with Crippen LogP contribution in [0.1, 0.15) is 46.0 Å². The fourth-order valence-corrected chi connectivity index (χ4v) is 4.76. The number of hydrogen-bond donors (Lipinski definition) is 3. The molecule has 1 aliphatic heterocycles. The lowest BCUT2D eigenvalue weighted by Gasteiger charge is -2.25. The van der Waals surface area contributed by atoms with Gasteiger partial charge in [0.05, 0.1) is 52.8 Å². The second kappa shape index (κ2) is 11.0. The van der Waals surface area contributed by atoms with E-state index >= 15 is 0 Å². The molecule has 2 amide bonds. The summed E-state index contributed by atoms with van der Waals surface area (Å²) >= 11 is 6.46. The number of pyridine rings is 1. The highest BCUT2D eigenvalue weighted by Crippen LogP contribution is 2.33. The molecule has 0 unspecified atom stereocenters. The number of aryl methyl sites for hydroxylation is 2. The molecule has 40 heavy (non-hydrogen) atoms. The Morgan fingerprint density at radius 1 is 1.18 bits per heavy atom. The molecule has 1 aromatic carbocycles. The van der Waals surface area contributed by atoms with Gasteiger partial charge in [0, 0.05) is 30.4 Å². The van der Waals surface area contributed by atoms with Crippen molar-refractivity contribution in [2.45, 2.75) is 39.4 Å². The summed E-state index contributed by atoms with van der Waals surface area (Å²) in [5.41, 5.74) is 5.40. The van der Waals surface area contributed by atoms with Crippen molar-refractivity contribution >= 4 is 35.1 Å². The molecule has 0 fully saturated rings. The van der Waals surface area contributed by atoms with E-state index in [-0.39, 0.29) is 25.0 Å². The Balaban J connectivity index is 1.34. The summed E-state index contributed by atoms with van der Waals surface area (Å²) in [6.45, 7) is 5.39. The Morgan fingerprint density at radius 3 is 2.67 bits per heavy atom. The number of aromatic nitrogens is 5. The molecule has 12 heteroatoms. The second-order valence-electron chi connectivity index (χ2n) is 9.71. The van der Waals surface area contributed by atoms with Crippen molar-refractivity contribution < 1.29 is 14.7 Å². The first-order valence-electron chi connectivity index (χ1n) is 12.7. The van der Waals surface area contributed by atoms with Crippen LogP contribution < -0.4 is 10.6 Å². The van der Waals surface area contributed by atoms with Crippen molar-refractivity contribution in [1.82, 2.24) is 34.9 Å². The summed E-state index contributed by atoms with van der Waals surface area (Å²) in [5, 5.41) is 20.4. The molecular weight excluding hydrogens is 532 g/mol. The van der Waals surface area contributed by atoms with E-state index in [1.807, 2.05) is 45.2 Å². The molecule has 5 rings (SSSR count). The number of benzene rings is 1. The number of fused-ring (bicyclic) bond motifs is 1. The minimum absolute atomic E-state index is 0.275. The van der Waals surface area contributed by atoms with Gasteiger partial charge < -0.3 is 20.6 Å². The number of aliphatic hydroxyl groups excluding tert-OH is 1. The quantitative estimate of drug-likeness (QED) is 0.298. The number of hydrogen-bond acceptors (Lipinski definition) is 8. The number of amides is 2. The predicted octanol–water partition coefficient (Wildman–Crippen LogP) is 3.48. The van der Waals surface area contributed by atoms with E-state index in [1.165, 1.54) is 11.1 Å². The van der Waals surface area contributed by atoms with Crippen LogP contribution in [0.4, 0.5) is 11.6 Å². The Labute approximate surface area is 236 Å². The maximum absolute atomic E-state index is 13.4. The van der Waals surface area contributed by atoms with Crippen molar-refractivity contribution in [2.75, 3.05) is 11.9 Å². The van der Waals surface area contributed by atoms with Crippen LogP contribution in [0.3, 0.4) is 0 Å². The van der Waals surface area contributed by atoms with Crippen LogP contribution in [0, 0.1) is 13.8 Å². The molecule has 206 valence electrons. The zero-order chi connectivity index (χ0) is 28.6. The molecule has 0 aliphatic carbocycles. The van der Waals surface area contributed by atoms with E-state index in [0.717, 1.165) is 22.6 Å². The average molecular weight is 561 g/mol. The van der Waals surface area contributed by atoms with Crippen LogP contribution in [-0.2, 0) is 18.4 Å². The van der Waals surface area contributed by atoms with Gasteiger partial charge in [0.25, 0.3) is 5.91 Å². The maximum Gasteiger partial charge on any atom is 0.255 e. The van der Waals surface area contributed by atoms with Crippen LogP contribution in [0.15, 0.2) is 48.8 Å². The number of nitrogens with one attached hydrogen (secondary N) is 2. The summed E-state index contributed by atoms with van der Waals surface area (Å²) in [6, 6.07) is 9.37. The molecule has 3 N–H and O–H groups in total. The summed E-state index contributed by atoms with van der Waals surface area (Å²) in [6.07, 6.45) is 3.19. The molecule has 0 spiro atoms. The van der Waals surface area contributed by atoms with Gasteiger partial charge in [-0.25, -0.2) is 9.97 Å². The number of carbonyl (C=O) groups is 2. The lowest BCUT2D eigenvalue weighted by molar-refractivity contribution is -0.126. The Hall–Kier alpha value is -4.35. The molecular formula is C28H29ClN8O3. The van der Waals surface area contributed by atoms with Gasteiger partial charge in [-0.2, -0.15) is 5.10 Å². The van der Waals surface area contributed by atoms with Gasteiger partial charge in [-0.3, -0.25) is 19.3 Å². The molecule has 0 saturated heterocycles. The van der Waals surface area contributed by atoms with E-state index < -0.39 is 12.1 Å². The van der Waals surface area contributed by atoms with E-state index in [0.29, 0.717) is 33.5 Å². The van der Waals surface area contributed by atoms with Crippen molar-refractivity contribution in [3.05, 3.63) is 82.0 Å². The average Bonchev–Trinajstić information content (AvgIpc) is 3.45. The molecule has 4 heterocycles. The predicted molar refractivity (Wildman–Crippen MR) is 150 cm³/mol. The third-order valence-corrected chi connectivity index (χ3v) is 7.33. The Kier molecular flexibility index (Phi) is 7.51. The first-order valence-corrected chi connectivity index (χ1v) is 13.1. The van der Waals surface area contributed by atoms with Crippen LogP contribution >= 0.6 is 11.6 Å². The fourth-order valence-electron chi connectivity index (χ4n) is 4.56. The molecule has 1 aliphatic rings. The van der Waals surface area contributed by atoms with Crippen LogP contribution in [0.25, 0.3) is 11.3 Å². The molecule has 3 aromatic heterocycles. The van der Waals surface area contributed by atoms with Crippen molar-refractivity contribution in [3.63, 3.8) is 0 Å². The summed E-state index contributed by atoms with van der Waals surface area (Å²) in [4.78, 5) is 41.3. The summed E-state index contributed by atoms with van der Waals surface area (Å²) in [5.74, 6) is -0.317. The van der Waals surface area contributed by atoms with Gasteiger partial charge in [-0.15, -0.1) is 0 Å². The van der Waals surface area contributed by atoms with Gasteiger partial charge in [-0.05, 0) is 44.5 Å². The second-order valence-corrected chi connectivity index (χ2v) is 10.1. The SMILES string of the molecule is Cc1cccc([C@@H](CO)NC(=O)[C@@H](C)N2Cc3ccc(-c4nc(Nc5cnn(C)c5C)ncc4Cl)cc3C2=O)n1. The molecule has 0 saturated carbocycles. The largest absolute Gasteiger partial charge is 0.394 e. The molecule has 11 nitrogen and oxygen atoms in total. The molecule has 0 radical (unpaired) electrons. The molecule has 4 aromatic rings. The number of carbonyl (C=O) groups excluding carboxylic acids is 2. The highest BCUT2D eigenvalue weighted by atomic mass is 35.5. The third kappa shape index (κ3) is 5.25. The van der Waals surface area contributed by atoms with Crippen LogP contribution in [-0.4, -0.2) is 59.2 Å². The van der Waals surface area contributed by atoms with E-state index in [2.05, 4.69) is 30.7 Å². The standard InChI is InChI=1S/C28H29ClN8O3/c1-15-6-5-7-22(32-15)24(14-38)33-26(39)17(3)37-13-19-9-8-18(10-20(19)27(37)40)25-21(29)11-30-28(35-25)34-23-12-31-36(4)16(23)2/h5-12,17,24,38H,13-14H2,1-4H3,(H,33,39)(H,30,34,35)/t17-,24-/m1/s1. The zero-order valence-corrected chi connectivity index (χ0v) is 23.3. The number of nitrogens with zero attached hydrogens (tertiary/aromatic N) is 6. The lowest BCUT2D eigenvalue weighted by atomic mass is 10.0. The normalized spacial score (nSPS) is 14.2. The van der Waals surface area contributed by atoms with Gasteiger partial charge in [-0.1, -0.05) is 29.8 Å². The summed E-state index contributed by atoms with van der Waals surface area (Å²) in [7, 11) is 1.84. The lowest BCUT2D eigenvalue weighted by Crippen LogP contribution is -2.46. The fraction of sp³-hybridized carbons (Fsp3) is 0.286. The van der Waals surface area contributed by atoms with Crippen LogP contribution in [0.2, 0.25) is 5.02 Å². The van der Waals surface area contributed by atoms with Gasteiger partial charge >= 0.3 is 0 Å². The Bertz CT molecular complexity index is 1600. The van der Waals surface area contributed by atoms with Crippen molar-refractivity contribution in [3.8, 4) is 11.3 Å². The van der Waals surface area contributed by atoms with Crippen LogP contribution in [0.5, 0.6) is 0 Å². The monoisotopic (exact) mass is 560 g/mol. The smallest absolute Gasteiger partial charge is 0.255 e. The highest BCUT2D eigenvalue weighted by Gasteiger charge is 2.35. The minimum atomic E-state index is -0.775. The topological polar surface area (TPSA) is 138 Å².